The summed E-state index contributed by atoms with van der Waals surface area (Å²) in [7, 11) is 0. The number of carboxylic acid groups (broad SMARTS) is 1. The molecule has 8 nitrogen and oxygen atoms in total. The van der Waals surface area contributed by atoms with Crippen molar-refractivity contribution in [3.8, 4) is 11.3 Å². The third-order valence-corrected chi connectivity index (χ3v) is 7.69. The van der Waals surface area contributed by atoms with E-state index in [1.807, 2.05) is 6.92 Å². The molecule has 4 fully saturated rings. The largest absolute Gasteiger partial charge is 0.481 e. The number of ether oxygens (including phenoxy) is 2. The van der Waals surface area contributed by atoms with Gasteiger partial charge in [-0.25, -0.2) is 9.18 Å². The Bertz CT molecular complexity index is 1100. The highest BCUT2D eigenvalue weighted by Crippen LogP contribution is 2.55. The van der Waals surface area contributed by atoms with E-state index >= 15 is 4.39 Å². The molecule has 34 heavy (non-hydrogen) atoms. The van der Waals surface area contributed by atoms with Gasteiger partial charge in [0.25, 0.3) is 0 Å². The van der Waals surface area contributed by atoms with E-state index < -0.39 is 23.5 Å². The lowest BCUT2D eigenvalue weighted by molar-refractivity contribution is -0.196. The second kappa shape index (κ2) is 8.37. The molecule has 1 aromatic carbocycles. The first-order valence-corrected chi connectivity index (χ1v) is 11.8. The molecule has 2 aromatic rings. The van der Waals surface area contributed by atoms with Crippen LogP contribution < -0.4 is 5.32 Å². The molecule has 182 valence electrons. The predicted molar refractivity (Wildman–Crippen MR) is 120 cm³/mol. The molecule has 1 atom stereocenters. The van der Waals surface area contributed by atoms with E-state index in [1.165, 1.54) is 6.07 Å². The smallest absolute Gasteiger partial charge is 0.412 e. The van der Waals surface area contributed by atoms with Crippen molar-refractivity contribution in [3.05, 3.63) is 35.3 Å². The van der Waals surface area contributed by atoms with E-state index in [9.17, 15) is 14.7 Å². The third-order valence-electron chi connectivity index (χ3n) is 7.69. The summed E-state index contributed by atoms with van der Waals surface area (Å²) >= 11 is 0. The molecule has 2 N–H and O–H groups in total. The van der Waals surface area contributed by atoms with Crippen molar-refractivity contribution in [3.63, 3.8) is 0 Å². The van der Waals surface area contributed by atoms with Gasteiger partial charge in [-0.15, -0.1) is 0 Å². The van der Waals surface area contributed by atoms with Crippen LogP contribution in [-0.4, -0.2) is 35.0 Å². The molecule has 2 aliphatic heterocycles. The third kappa shape index (κ3) is 4.17. The van der Waals surface area contributed by atoms with Crippen molar-refractivity contribution >= 4 is 17.7 Å². The number of hydrogen-bond donors (Lipinski definition) is 2. The fraction of sp³-hybridized carbons (Fsp3) is 0.560. The maximum absolute atomic E-state index is 15.4. The summed E-state index contributed by atoms with van der Waals surface area (Å²) in [6, 6.07) is 4.78. The first-order chi connectivity index (χ1) is 16.2. The average Bonchev–Trinajstić information content (AvgIpc) is 3.59. The quantitative estimate of drug-likeness (QED) is 0.555. The summed E-state index contributed by atoms with van der Waals surface area (Å²) in [5.41, 5.74) is 0.617. The SMILES string of the molecule is Cc1noc(-c2ccc(C34CCC(CC(=O)O)(CC3)CO4)c(F)c2)c1NC(=O)O[C@H](C)C1CC1. The minimum Gasteiger partial charge on any atom is -0.481 e. The molecule has 9 heteroatoms. The predicted octanol–water partition coefficient (Wildman–Crippen LogP) is 5.40. The number of aliphatic carboxylic acids is 1. The van der Waals surface area contributed by atoms with Gasteiger partial charge in [0.15, 0.2) is 5.76 Å². The van der Waals surface area contributed by atoms with Crippen molar-refractivity contribution in [2.24, 2.45) is 11.3 Å². The van der Waals surface area contributed by atoms with E-state index in [2.05, 4.69) is 10.5 Å². The van der Waals surface area contributed by atoms with E-state index in [0.717, 1.165) is 12.8 Å². The molecule has 0 unspecified atom stereocenters. The van der Waals surface area contributed by atoms with Gasteiger partial charge in [-0.3, -0.25) is 10.1 Å². The molecule has 1 amide bonds. The minimum atomic E-state index is -0.828. The molecule has 2 saturated heterocycles. The first-order valence-electron chi connectivity index (χ1n) is 11.8. The van der Waals surface area contributed by atoms with Crippen molar-refractivity contribution in [1.82, 2.24) is 5.16 Å². The summed E-state index contributed by atoms with van der Waals surface area (Å²) in [5.74, 6) is -0.600. The van der Waals surface area contributed by atoms with Crippen LogP contribution >= 0.6 is 0 Å². The molecule has 2 saturated carbocycles. The second-order valence-electron chi connectivity index (χ2n) is 10.1. The Labute approximate surface area is 196 Å². The first kappa shape index (κ1) is 22.8. The van der Waals surface area contributed by atoms with Crippen LogP contribution in [0.2, 0.25) is 0 Å². The molecule has 4 aliphatic rings. The van der Waals surface area contributed by atoms with Gasteiger partial charge < -0.3 is 19.1 Å². The summed E-state index contributed by atoms with van der Waals surface area (Å²) in [4.78, 5) is 23.6. The van der Waals surface area contributed by atoms with Crippen molar-refractivity contribution in [1.29, 1.82) is 0 Å². The van der Waals surface area contributed by atoms with E-state index in [-0.39, 0.29) is 23.7 Å². The van der Waals surface area contributed by atoms with E-state index in [4.69, 9.17) is 14.0 Å². The Kier molecular flexibility index (Phi) is 5.62. The number of carbonyl (C=O) groups excluding carboxylic acids is 1. The van der Waals surface area contributed by atoms with Gasteiger partial charge in [0.05, 0.1) is 18.6 Å². The monoisotopic (exact) mass is 472 g/mol. The Hall–Kier alpha value is -2.94. The number of rotatable bonds is 7. The Morgan fingerprint density at radius 2 is 2.03 bits per heavy atom. The molecule has 2 bridgehead atoms. The van der Waals surface area contributed by atoms with Crippen LogP contribution in [-0.2, 0) is 19.9 Å². The van der Waals surface area contributed by atoms with Gasteiger partial charge in [0.1, 0.15) is 23.3 Å². The van der Waals surface area contributed by atoms with Crippen LogP contribution in [0.1, 0.15) is 63.1 Å². The Balaban J connectivity index is 1.34. The van der Waals surface area contributed by atoms with E-state index in [0.29, 0.717) is 60.7 Å². The molecular weight excluding hydrogens is 443 g/mol. The molecule has 1 aromatic heterocycles. The fourth-order valence-corrected chi connectivity index (χ4v) is 5.36. The summed E-state index contributed by atoms with van der Waals surface area (Å²) in [6.45, 7) is 3.88. The number of hydrogen-bond acceptors (Lipinski definition) is 6. The molecule has 2 aliphatic carbocycles. The Morgan fingerprint density at radius 1 is 1.29 bits per heavy atom. The van der Waals surface area contributed by atoms with Crippen LogP contribution in [0.25, 0.3) is 11.3 Å². The van der Waals surface area contributed by atoms with E-state index in [1.54, 1.807) is 19.1 Å². The van der Waals surface area contributed by atoms with Gasteiger partial charge >= 0.3 is 12.1 Å². The highest BCUT2D eigenvalue weighted by atomic mass is 19.1. The van der Waals surface area contributed by atoms with Gasteiger partial charge in [0, 0.05) is 16.5 Å². The standard InChI is InChI=1S/C25H29FN2O6/c1-14-21(27-23(31)33-15(2)16-3-4-16)22(34-28-14)17-5-6-18(19(26)11-17)25-9-7-24(8-10-25,13-32-25)12-20(29)30/h5-6,11,15-16H,3-4,7-10,12-13H2,1-2H3,(H,27,31)(H,29,30)/t15-,24?,25?/m1/s1. The molecule has 0 radical (unpaired) electrons. The number of carboxylic acids is 1. The zero-order valence-electron chi connectivity index (χ0n) is 19.4. The maximum atomic E-state index is 15.4. The lowest BCUT2D eigenvalue weighted by Gasteiger charge is -2.53. The van der Waals surface area contributed by atoms with Crippen LogP contribution in [0.4, 0.5) is 14.9 Å². The zero-order chi connectivity index (χ0) is 24.1. The highest BCUT2D eigenvalue weighted by Gasteiger charge is 2.52. The van der Waals surface area contributed by atoms with Crippen molar-refractivity contribution < 1.29 is 33.1 Å². The number of anilines is 1. The summed E-state index contributed by atoms with van der Waals surface area (Å²) < 4.78 is 32.4. The minimum absolute atomic E-state index is 0.0764. The lowest BCUT2D eigenvalue weighted by Crippen LogP contribution is -2.50. The van der Waals surface area contributed by atoms with Crippen molar-refractivity contribution in [2.45, 2.75) is 70.5 Å². The number of carbonyl (C=O) groups is 2. The van der Waals surface area contributed by atoms with Crippen molar-refractivity contribution in [2.75, 3.05) is 11.9 Å². The van der Waals surface area contributed by atoms with Gasteiger partial charge in [-0.1, -0.05) is 17.3 Å². The number of halogens is 1. The topological polar surface area (TPSA) is 111 Å². The number of aryl methyl sites for hydroxylation is 1. The summed E-state index contributed by atoms with van der Waals surface area (Å²) in [5, 5.41) is 15.9. The van der Waals surface area contributed by atoms with Gasteiger partial charge in [-0.2, -0.15) is 0 Å². The van der Waals surface area contributed by atoms with Gasteiger partial charge in [0.2, 0.25) is 0 Å². The van der Waals surface area contributed by atoms with Crippen LogP contribution in [0, 0.1) is 24.1 Å². The van der Waals surface area contributed by atoms with Crippen LogP contribution in [0.3, 0.4) is 0 Å². The number of nitrogens with zero attached hydrogens (tertiary/aromatic N) is 1. The normalized spacial score (nSPS) is 26.8. The second-order valence-corrected chi connectivity index (χ2v) is 10.1. The maximum Gasteiger partial charge on any atom is 0.412 e. The average molecular weight is 473 g/mol. The lowest BCUT2D eigenvalue weighted by atomic mass is 9.63. The van der Waals surface area contributed by atoms with Crippen LogP contribution in [0.15, 0.2) is 22.7 Å². The molecule has 3 heterocycles. The number of nitrogens with one attached hydrogen (secondary N) is 1. The van der Waals surface area contributed by atoms with Crippen LogP contribution in [0.5, 0.6) is 0 Å². The number of aromatic nitrogens is 1. The summed E-state index contributed by atoms with van der Waals surface area (Å²) in [6.07, 6.45) is 3.98. The highest BCUT2D eigenvalue weighted by molar-refractivity contribution is 5.90. The molecular formula is C25H29FN2O6. The Morgan fingerprint density at radius 3 is 2.62 bits per heavy atom. The fourth-order valence-electron chi connectivity index (χ4n) is 5.36. The zero-order valence-corrected chi connectivity index (χ0v) is 19.4. The number of amides is 1. The molecule has 0 spiro atoms. The molecule has 6 rings (SSSR count). The number of benzene rings is 1. The number of fused-ring (bicyclic) bond motifs is 3. The van der Waals surface area contributed by atoms with Gasteiger partial charge in [-0.05, 0) is 64.4 Å².